The van der Waals surface area contributed by atoms with Crippen LogP contribution in [0.5, 0.6) is 0 Å². The Bertz CT molecular complexity index is 563. The smallest absolute Gasteiger partial charge is 0.224 e. The number of anilines is 1. The summed E-state index contributed by atoms with van der Waals surface area (Å²) in [6.07, 6.45) is 1.14. The Morgan fingerprint density at radius 2 is 2.17 bits per heavy atom. The van der Waals surface area contributed by atoms with E-state index in [0.717, 1.165) is 24.5 Å². The van der Waals surface area contributed by atoms with E-state index in [1.807, 2.05) is 13.0 Å². The van der Waals surface area contributed by atoms with Crippen LogP contribution >= 0.6 is 11.6 Å². The maximum Gasteiger partial charge on any atom is 0.224 e. The Kier molecular flexibility index (Phi) is 2.92. The van der Waals surface area contributed by atoms with Crippen LogP contribution in [-0.4, -0.2) is 16.5 Å². The Balaban J connectivity index is 1.66. The van der Waals surface area contributed by atoms with Crippen molar-refractivity contribution in [2.45, 2.75) is 19.3 Å². The van der Waals surface area contributed by atoms with Crippen LogP contribution in [0.1, 0.15) is 22.7 Å². The highest BCUT2D eigenvalue weighted by molar-refractivity contribution is 6.28. The minimum atomic E-state index is 0.298. The van der Waals surface area contributed by atoms with Crippen molar-refractivity contribution < 1.29 is 0 Å². The zero-order valence-corrected chi connectivity index (χ0v) is 10.9. The van der Waals surface area contributed by atoms with Crippen LogP contribution in [-0.2, 0) is 6.42 Å². The van der Waals surface area contributed by atoms with E-state index in [0.29, 0.717) is 11.2 Å². The standard InChI is InChI=1S/C14H14ClN3/c1-9-6-13(18-14(15)17-9)16-8-11-7-10-4-2-3-5-12(10)11/h2-6,11H,7-8H2,1H3,(H,16,17,18). The number of benzene rings is 1. The Morgan fingerprint density at radius 1 is 1.33 bits per heavy atom. The highest BCUT2D eigenvalue weighted by atomic mass is 35.5. The minimum absolute atomic E-state index is 0.298. The third-order valence-electron chi connectivity index (χ3n) is 3.32. The van der Waals surface area contributed by atoms with Crippen molar-refractivity contribution in [1.82, 2.24) is 9.97 Å². The van der Waals surface area contributed by atoms with Crippen molar-refractivity contribution in [3.8, 4) is 0 Å². The van der Waals surface area contributed by atoms with Crippen LogP contribution in [0.4, 0.5) is 5.82 Å². The molecule has 4 heteroatoms. The highest BCUT2D eigenvalue weighted by Crippen LogP contribution is 2.34. The number of hydrogen-bond donors (Lipinski definition) is 1. The fraction of sp³-hybridized carbons (Fsp3) is 0.286. The van der Waals surface area contributed by atoms with E-state index in [-0.39, 0.29) is 0 Å². The third kappa shape index (κ3) is 2.18. The number of nitrogens with zero attached hydrogens (tertiary/aromatic N) is 2. The van der Waals surface area contributed by atoms with E-state index in [2.05, 4.69) is 39.6 Å². The fourth-order valence-corrected chi connectivity index (χ4v) is 2.62. The summed E-state index contributed by atoms with van der Waals surface area (Å²) in [5.41, 5.74) is 3.79. The van der Waals surface area contributed by atoms with Gasteiger partial charge < -0.3 is 5.32 Å². The molecule has 1 aliphatic carbocycles. The van der Waals surface area contributed by atoms with Crippen molar-refractivity contribution in [3.63, 3.8) is 0 Å². The Morgan fingerprint density at radius 3 is 2.94 bits per heavy atom. The molecule has 0 bridgehead atoms. The summed E-state index contributed by atoms with van der Waals surface area (Å²) in [7, 11) is 0. The van der Waals surface area contributed by atoms with Crippen LogP contribution in [0, 0.1) is 6.92 Å². The molecule has 1 heterocycles. The topological polar surface area (TPSA) is 37.8 Å². The Hall–Kier alpha value is -1.61. The monoisotopic (exact) mass is 259 g/mol. The van der Waals surface area contributed by atoms with Crippen LogP contribution in [0.25, 0.3) is 0 Å². The van der Waals surface area contributed by atoms with Gasteiger partial charge in [-0.3, -0.25) is 0 Å². The summed E-state index contributed by atoms with van der Waals surface area (Å²) < 4.78 is 0. The number of nitrogens with one attached hydrogen (secondary N) is 1. The lowest BCUT2D eigenvalue weighted by Crippen LogP contribution is -2.24. The van der Waals surface area contributed by atoms with Gasteiger partial charge in [-0.05, 0) is 36.1 Å². The van der Waals surface area contributed by atoms with E-state index >= 15 is 0 Å². The first-order chi connectivity index (χ1) is 8.72. The van der Waals surface area contributed by atoms with E-state index in [9.17, 15) is 0 Å². The zero-order valence-electron chi connectivity index (χ0n) is 10.2. The van der Waals surface area contributed by atoms with E-state index in [1.165, 1.54) is 11.1 Å². The molecule has 0 amide bonds. The van der Waals surface area contributed by atoms with Gasteiger partial charge in [0, 0.05) is 24.2 Å². The molecule has 1 atom stereocenters. The molecule has 0 fully saturated rings. The number of fused-ring (bicyclic) bond motifs is 1. The fourth-order valence-electron chi connectivity index (χ4n) is 2.40. The highest BCUT2D eigenvalue weighted by Gasteiger charge is 2.24. The van der Waals surface area contributed by atoms with Crippen LogP contribution < -0.4 is 5.32 Å². The van der Waals surface area contributed by atoms with E-state index in [4.69, 9.17) is 11.6 Å². The molecule has 1 N–H and O–H groups in total. The molecule has 2 aromatic rings. The lowest BCUT2D eigenvalue weighted by atomic mass is 9.77. The molecule has 3 rings (SSSR count). The van der Waals surface area contributed by atoms with Crippen LogP contribution in [0.3, 0.4) is 0 Å². The maximum absolute atomic E-state index is 5.83. The summed E-state index contributed by atoms with van der Waals surface area (Å²) in [6.45, 7) is 2.81. The van der Waals surface area contributed by atoms with Crippen LogP contribution in [0.15, 0.2) is 30.3 Å². The van der Waals surface area contributed by atoms with Gasteiger partial charge in [0.1, 0.15) is 5.82 Å². The summed E-state index contributed by atoms with van der Waals surface area (Å²) in [4.78, 5) is 8.21. The summed E-state index contributed by atoms with van der Waals surface area (Å²) in [5, 5.41) is 3.63. The first kappa shape index (κ1) is 11.5. The molecule has 0 aliphatic heterocycles. The molecular weight excluding hydrogens is 246 g/mol. The normalized spacial score (nSPS) is 16.9. The molecule has 0 radical (unpaired) electrons. The van der Waals surface area contributed by atoms with Gasteiger partial charge in [0.15, 0.2) is 0 Å². The lowest BCUT2D eigenvalue weighted by Gasteiger charge is -2.30. The molecule has 3 nitrogen and oxygen atoms in total. The predicted octanol–water partition coefficient (Wildman–Crippen LogP) is 3.19. The predicted molar refractivity (Wildman–Crippen MR) is 73.2 cm³/mol. The van der Waals surface area contributed by atoms with Crippen molar-refractivity contribution >= 4 is 17.4 Å². The third-order valence-corrected chi connectivity index (χ3v) is 3.49. The number of hydrogen-bond acceptors (Lipinski definition) is 3. The number of aryl methyl sites for hydroxylation is 1. The molecule has 0 spiro atoms. The second kappa shape index (κ2) is 4.58. The van der Waals surface area contributed by atoms with Gasteiger partial charge in [-0.25, -0.2) is 9.97 Å². The lowest BCUT2D eigenvalue weighted by molar-refractivity contribution is 0.634. The molecule has 0 saturated carbocycles. The molecule has 1 unspecified atom stereocenters. The van der Waals surface area contributed by atoms with Gasteiger partial charge in [-0.1, -0.05) is 24.3 Å². The molecule has 18 heavy (non-hydrogen) atoms. The average molecular weight is 260 g/mol. The quantitative estimate of drug-likeness (QED) is 0.861. The molecular formula is C14H14ClN3. The first-order valence-electron chi connectivity index (χ1n) is 6.05. The second-order valence-electron chi connectivity index (χ2n) is 4.64. The summed E-state index contributed by atoms with van der Waals surface area (Å²) >= 11 is 5.83. The van der Waals surface area contributed by atoms with Gasteiger partial charge in [-0.2, -0.15) is 0 Å². The maximum atomic E-state index is 5.83. The summed E-state index contributed by atoms with van der Waals surface area (Å²) in [6, 6.07) is 10.5. The molecule has 1 aromatic heterocycles. The van der Waals surface area contributed by atoms with Crippen molar-refractivity contribution in [2.75, 3.05) is 11.9 Å². The van der Waals surface area contributed by atoms with Gasteiger partial charge >= 0.3 is 0 Å². The van der Waals surface area contributed by atoms with E-state index in [1.54, 1.807) is 0 Å². The van der Waals surface area contributed by atoms with Crippen molar-refractivity contribution in [1.29, 1.82) is 0 Å². The van der Waals surface area contributed by atoms with E-state index < -0.39 is 0 Å². The molecule has 92 valence electrons. The number of halogens is 1. The molecule has 1 aliphatic rings. The summed E-state index contributed by atoms with van der Waals surface area (Å²) in [5.74, 6) is 1.38. The number of rotatable bonds is 3. The Labute approximate surface area is 111 Å². The van der Waals surface area contributed by atoms with Crippen molar-refractivity contribution in [2.24, 2.45) is 0 Å². The molecule has 0 saturated heterocycles. The minimum Gasteiger partial charge on any atom is -0.369 e. The first-order valence-corrected chi connectivity index (χ1v) is 6.43. The largest absolute Gasteiger partial charge is 0.369 e. The number of aromatic nitrogens is 2. The van der Waals surface area contributed by atoms with Gasteiger partial charge in [0.05, 0.1) is 0 Å². The van der Waals surface area contributed by atoms with Gasteiger partial charge in [0.2, 0.25) is 5.28 Å². The average Bonchev–Trinajstić information content (AvgIpc) is 2.29. The van der Waals surface area contributed by atoms with Gasteiger partial charge in [0.25, 0.3) is 0 Å². The molecule has 1 aromatic carbocycles. The van der Waals surface area contributed by atoms with Crippen LogP contribution in [0.2, 0.25) is 5.28 Å². The van der Waals surface area contributed by atoms with Crippen molar-refractivity contribution in [3.05, 3.63) is 52.4 Å². The van der Waals surface area contributed by atoms with Gasteiger partial charge in [-0.15, -0.1) is 0 Å². The SMILES string of the molecule is Cc1cc(NCC2Cc3ccccc32)nc(Cl)n1. The second-order valence-corrected chi connectivity index (χ2v) is 4.98. The zero-order chi connectivity index (χ0) is 12.5.